The Labute approximate surface area is 128 Å². The number of anilines is 2. The molecule has 4 nitrogen and oxygen atoms in total. The first-order valence-electron chi connectivity index (χ1n) is 6.30. The van der Waals surface area contributed by atoms with E-state index in [-0.39, 0.29) is 0 Å². The van der Waals surface area contributed by atoms with E-state index in [0.29, 0.717) is 16.5 Å². The van der Waals surface area contributed by atoms with Crippen LogP contribution in [0.5, 0.6) is 0 Å². The maximum absolute atomic E-state index is 5.79. The van der Waals surface area contributed by atoms with E-state index in [1.807, 2.05) is 42.5 Å². The van der Waals surface area contributed by atoms with Crippen molar-refractivity contribution in [1.29, 1.82) is 0 Å². The van der Waals surface area contributed by atoms with Crippen LogP contribution in [0.15, 0.2) is 67.0 Å². The molecule has 0 unspecified atom stereocenters. The van der Waals surface area contributed by atoms with Gasteiger partial charge in [0.15, 0.2) is 5.15 Å². The molecule has 0 bridgehead atoms. The Bertz CT molecular complexity index is 680. The highest BCUT2D eigenvalue weighted by Gasteiger charge is 2.00. The van der Waals surface area contributed by atoms with Gasteiger partial charge in [-0.1, -0.05) is 41.9 Å². The Hall–Kier alpha value is -2.59. The van der Waals surface area contributed by atoms with Crippen molar-refractivity contribution in [2.45, 2.75) is 0 Å². The molecule has 0 aliphatic heterocycles. The molecule has 0 saturated heterocycles. The molecule has 106 valence electrons. The quantitative estimate of drug-likeness (QED) is 0.672. The number of pyridine rings is 2. The number of nitrogens with zero attached hydrogens (tertiary/aromatic N) is 2. The lowest BCUT2D eigenvalue weighted by Crippen LogP contribution is -1.91. The standard InChI is InChI=1S/C11H10N2.C5H5ClN2/c12-10-7-4-8-13-11(10)9-5-2-1-3-6-9;6-5-4(7)2-1-3-8-5/h1-8H,12H2;1-3H,7H2. The summed E-state index contributed by atoms with van der Waals surface area (Å²) in [6, 6.07) is 17.1. The van der Waals surface area contributed by atoms with Crippen LogP contribution in [0, 0.1) is 0 Å². The summed E-state index contributed by atoms with van der Waals surface area (Å²) in [6.07, 6.45) is 3.34. The Morgan fingerprint density at radius 3 is 1.86 bits per heavy atom. The topological polar surface area (TPSA) is 77.8 Å². The Morgan fingerprint density at radius 1 is 0.714 bits per heavy atom. The largest absolute Gasteiger partial charge is 0.397 e. The van der Waals surface area contributed by atoms with Gasteiger partial charge in [0.25, 0.3) is 0 Å². The van der Waals surface area contributed by atoms with E-state index in [2.05, 4.69) is 9.97 Å². The average Bonchev–Trinajstić information content (AvgIpc) is 2.52. The van der Waals surface area contributed by atoms with Crippen LogP contribution >= 0.6 is 11.6 Å². The second kappa shape index (κ2) is 7.26. The van der Waals surface area contributed by atoms with Gasteiger partial charge in [-0.3, -0.25) is 4.98 Å². The summed E-state index contributed by atoms with van der Waals surface area (Å²) in [5.74, 6) is 0. The molecule has 21 heavy (non-hydrogen) atoms. The second-order valence-corrected chi connectivity index (χ2v) is 4.55. The summed E-state index contributed by atoms with van der Waals surface area (Å²) >= 11 is 5.47. The lowest BCUT2D eigenvalue weighted by atomic mass is 10.1. The zero-order valence-electron chi connectivity index (χ0n) is 11.3. The van der Waals surface area contributed by atoms with Crippen molar-refractivity contribution < 1.29 is 0 Å². The molecule has 2 aromatic heterocycles. The predicted molar refractivity (Wildman–Crippen MR) is 87.7 cm³/mol. The van der Waals surface area contributed by atoms with Crippen molar-refractivity contribution in [2.24, 2.45) is 0 Å². The van der Waals surface area contributed by atoms with Gasteiger partial charge in [-0.2, -0.15) is 0 Å². The molecule has 1 aromatic carbocycles. The number of nitrogen functional groups attached to an aromatic ring is 2. The first-order chi connectivity index (χ1) is 10.2. The smallest absolute Gasteiger partial charge is 0.151 e. The van der Waals surface area contributed by atoms with Crippen LogP contribution in [-0.2, 0) is 0 Å². The molecule has 0 saturated carbocycles. The van der Waals surface area contributed by atoms with Crippen molar-refractivity contribution in [3.05, 3.63) is 72.1 Å². The number of benzene rings is 1. The van der Waals surface area contributed by atoms with E-state index in [4.69, 9.17) is 23.1 Å². The lowest BCUT2D eigenvalue weighted by Gasteiger charge is -2.02. The third-order valence-corrected chi connectivity index (χ3v) is 2.99. The average molecular weight is 299 g/mol. The van der Waals surface area contributed by atoms with Gasteiger partial charge in [-0.25, -0.2) is 4.98 Å². The van der Waals surface area contributed by atoms with Crippen molar-refractivity contribution >= 4 is 23.0 Å². The van der Waals surface area contributed by atoms with Crippen LogP contribution in [0.4, 0.5) is 11.4 Å². The molecule has 2 heterocycles. The molecular weight excluding hydrogens is 284 g/mol. The normalized spacial score (nSPS) is 9.57. The molecule has 5 heteroatoms. The molecule has 0 aliphatic rings. The van der Waals surface area contributed by atoms with Crippen molar-refractivity contribution in [3.63, 3.8) is 0 Å². The maximum atomic E-state index is 5.79. The molecule has 0 radical (unpaired) electrons. The first-order valence-corrected chi connectivity index (χ1v) is 6.68. The minimum atomic E-state index is 0.368. The summed E-state index contributed by atoms with van der Waals surface area (Å²) in [4.78, 5) is 7.94. The lowest BCUT2D eigenvalue weighted by molar-refractivity contribution is 1.33. The van der Waals surface area contributed by atoms with E-state index in [1.54, 1.807) is 24.5 Å². The summed E-state index contributed by atoms with van der Waals surface area (Å²) in [5, 5.41) is 0.368. The number of hydrogen-bond donors (Lipinski definition) is 2. The van der Waals surface area contributed by atoms with E-state index in [0.717, 1.165) is 11.3 Å². The SMILES string of the molecule is Nc1cccnc1-c1ccccc1.Nc1cccnc1Cl. The minimum absolute atomic E-state index is 0.368. The van der Waals surface area contributed by atoms with Gasteiger partial charge in [0.1, 0.15) is 0 Å². The van der Waals surface area contributed by atoms with E-state index in [1.165, 1.54) is 0 Å². The molecule has 0 atom stereocenters. The zero-order valence-corrected chi connectivity index (χ0v) is 12.0. The van der Waals surface area contributed by atoms with Crippen LogP contribution in [0.3, 0.4) is 0 Å². The van der Waals surface area contributed by atoms with Crippen LogP contribution in [0.1, 0.15) is 0 Å². The van der Waals surface area contributed by atoms with Crippen molar-refractivity contribution in [2.75, 3.05) is 11.5 Å². The van der Waals surface area contributed by atoms with Gasteiger partial charge < -0.3 is 11.5 Å². The summed E-state index contributed by atoms with van der Waals surface area (Å²) in [7, 11) is 0. The van der Waals surface area contributed by atoms with Crippen molar-refractivity contribution in [3.8, 4) is 11.3 Å². The molecule has 0 fully saturated rings. The molecule has 0 amide bonds. The Balaban J connectivity index is 0.000000173. The fraction of sp³-hybridized carbons (Fsp3) is 0. The third kappa shape index (κ3) is 4.19. The molecule has 4 N–H and O–H groups in total. The van der Waals surface area contributed by atoms with Gasteiger partial charge in [0.2, 0.25) is 0 Å². The van der Waals surface area contributed by atoms with E-state index >= 15 is 0 Å². The minimum Gasteiger partial charge on any atom is -0.397 e. The van der Waals surface area contributed by atoms with Crippen LogP contribution in [-0.4, -0.2) is 9.97 Å². The van der Waals surface area contributed by atoms with E-state index < -0.39 is 0 Å². The van der Waals surface area contributed by atoms with Crippen molar-refractivity contribution in [1.82, 2.24) is 9.97 Å². The van der Waals surface area contributed by atoms with Gasteiger partial charge in [0.05, 0.1) is 17.1 Å². The molecule has 3 aromatic rings. The summed E-state index contributed by atoms with van der Waals surface area (Å²) < 4.78 is 0. The number of aromatic nitrogens is 2. The predicted octanol–water partition coefficient (Wildman–Crippen LogP) is 3.65. The fourth-order valence-corrected chi connectivity index (χ4v) is 1.77. The van der Waals surface area contributed by atoms with Gasteiger partial charge in [0, 0.05) is 18.0 Å². The molecule has 3 rings (SSSR count). The fourth-order valence-electron chi connectivity index (χ4n) is 1.65. The summed E-state index contributed by atoms with van der Waals surface area (Å²) in [5.41, 5.74) is 14.3. The molecule has 0 aliphatic carbocycles. The zero-order chi connectivity index (χ0) is 15.1. The van der Waals surface area contributed by atoms with Gasteiger partial charge in [-0.15, -0.1) is 0 Å². The number of hydrogen-bond acceptors (Lipinski definition) is 4. The third-order valence-electron chi connectivity index (χ3n) is 2.67. The highest BCUT2D eigenvalue weighted by atomic mass is 35.5. The number of nitrogens with two attached hydrogens (primary N) is 2. The Kier molecular flexibility index (Phi) is 5.12. The number of rotatable bonds is 1. The Morgan fingerprint density at radius 2 is 1.33 bits per heavy atom. The summed E-state index contributed by atoms with van der Waals surface area (Å²) in [6.45, 7) is 0. The van der Waals surface area contributed by atoms with E-state index in [9.17, 15) is 0 Å². The monoisotopic (exact) mass is 298 g/mol. The number of halogens is 1. The van der Waals surface area contributed by atoms with Crippen LogP contribution in [0.25, 0.3) is 11.3 Å². The van der Waals surface area contributed by atoms with Gasteiger partial charge in [-0.05, 0) is 24.3 Å². The van der Waals surface area contributed by atoms with Gasteiger partial charge >= 0.3 is 0 Å². The highest BCUT2D eigenvalue weighted by molar-refractivity contribution is 6.31. The van der Waals surface area contributed by atoms with Crippen LogP contribution in [0.2, 0.25) is 5.15 Å². The first kappa shape index (κ1) is 14.8. The van der Waals surface area contributed by atoms with Crippen LogP contribution < -0.4 is 11.5 Å². The molecular formula is C16H15ClN4. The molecule has 0 spiro atoms. The second-order valence-electron chi connectivity index (χ2n) is 4.19. The highest BCUT2D eigenvalue weighted by Crippen LogP contribution is 2.21. The maximum Gasteiger partial charge on any atom is 0.151 e.